The van der Waals surface area contributed by atoms with E-state index in [0.29, 0.717) is 0 Å². The van der Waals surface area contributed by atoms with Gasteiger partial charge in [0.05, 0.1) is 5.56 Å². The molecule has 1 aromatic heterocycles. The molecule has 0 saturated heterocycles. The number of phenols is 2. The van der Waals surface area contributed by atoms with Gasteiger partial charge in [0, 0.05) is 6.20 Å². The maximum atomic E-state index is 11.9. The topological polar surface area (TPSA) is 120 Å². The van der Waals surface area contributed by atoms with Crippen LogP contribution in [0.3, 0.4) is 0 Å². The molecule has 7 heteroatoms. The van der Waals surface area contributed by atoms with E-state index in [9.17, 15) is 19.8 Å². The summed E-state index contributed by atoms with van der Waals surface area (Å²) in [6.45, 7) is 0. The van der Waals surface area contributed by atoms with Crippen molar-refractivity contribution in [3.8, 4) is 11.5 Å². The lowest BCUT2D eigenvalue weighted by molar-refractivity contribution is 0.0696. The van der Waals surface area contributed by atoms with Gasteiger partial charge in [-0.1, -0.05) is 6.07 Å². The van der Waals surface area contributed by atoms with Crippen LogP contribution in [-0.4, -0.2) is 32.2 Å². The van der Waals surface area contributed by atoms with Crippen LogP contribution in [0.5, 0.6) is 11.5 Å². The van der Waals surface area contributed by atoms with E-state index >= 15 is 0 Å². The Labute approximate surface area is 113 Å². The van der Waals surface area contributed by atoms with Crippen LogP contribution in [0.1, 0.15) is 20.7 Å². The Morgan fingerprint density at radius 3 is 2.20 bits per heavy atom. The first-order valence-electron chi connectivity index (χ1n) is 5.50. The minimum atomic E-state index is -1.13. The zero-order valence-corrected chi connectivity index (χ0v) is 10.1. The number of rotatable bonds is 3. The highest BCUT2D eigenvalue weighted by molar-refractivity contribution is 6.07. The van der Waals surface area contributed by atoms with Gasteiger partial charge in [-0.2, -0.15) is 0 Å². The Kier molecular flexibility index (Phi) is 3.52. The Morgan fingerprint density at radius 1 is 1.05 bits per heavy atom. The Balaban J connectivity index is 2.21. The molecule has 102 valence electrons. The number of aromatic carboxylic acids is 1. The van der Waals surface area contributed by atoms with Gasteiger partial charge in [-0.25, -0.2) is 9.78 Å². The van der Waals surface area contributed by atoms with Crippen molar-refractivity contribution >= 4 is 17.7 Å². The smallest absolute Gasteiger partial charge is 0.337 e. The number of carbonyl (C=O) groups is 2. The van der Waals surface area contributed by atoms with Crippen molar-refractivity contribution in [1.29, 1.82) is 0 Å². The summed E-state index contributed by atoms with van der Waals surface area (Å²) < 4.78 is 0. The van der Waals surface area contributed by atoms with Crippen LogP contribution in [0.15, 0.2) is 36.5 Å². The average Bonchev–Trinajstić information content (AvgIpc) is 2.39. The highest BCUT2D eigenvalue weighted by Gasteiger charge is 2.16. The van der Waals surface area contributed by atoms with E-state index in [2.05, 4.69) is 10.3 Å². The number of hydrogen-bond acceptors (Lipinski definition) is 5. The van der Waals surface area contributed by atoms with Crippen molar-refractivity contribution in [3.05, 3.63) is 47.7 Å². The number of phenolic OH excluding ortho intramolecular Hbond substituents is 2. The number of pyridine rings is 1. The monoisotopic (exact) mass is 274 g/mol. The molecule has 1 amide bonds. The summed E-state index contributed by atoms with van der Waals surface area (Å²) >= 11 is 0. The van der Waals surface area contributed by atoms with Crippen LogP contribution in [0.25, 0.3) is 0 Å². The van der Waals surface area contributed by atoms with E-state index in [0.717, 1.165) is 6.20 Å². The molecule has 0 saturated carbocycles. The first-order valence-corrected chi connectivity index (χ1v) is 5.50. The van der Waals surface area contributed by atoms with Gasteiger partial charge in [0.1, 0.15) is 22.9 Å². The molecule has 2 aromatic rings. The molecule has 2 rings (SSSR count). The fraction of sp³-hybridized carbons (Fsp3) is 0. The lowest BCUT2D eigenvalue weighted by Crippen LogP contribution is -2.13. The van der Waals surface area contributed by atoms with Gasteiger partial charge < -0.3 is 20.6 Å². The number of carboxylic acid groups (broad SMARTS) is 1. The third-order valence-electron chi connectivity index (χ3n) is 2.50. The highest BCUT2D eigenvalue weighted by Crippen LogP contribution is 2.26. The number of carbonyl (C=O) groups excluding carboxylic acids is 1. The van der Waals surface area contributed by atoms with Gasteiger partial charge in [0.25, 0.3) is 5.91 Å². The maximum Gasteiger partial charge on any atom is 0.337 e. The molecule has 0 radical (unpaired) electrons. The van der Waals surface area contributed by atoms with Crippen molar-refractivity contribution in [2.45, 2.75) is 0 Å². The quantitative estimate of drug-likeness (QED) is 0.672. The molecular weight excluding hydrogens is 264 g/mol. The number of carboxylic acids is 1. The third-order valence-corrected chi connectivity index (χ3v) is 2.50. The van der Waals surface area contributed by atoms with E-state index in [1.54, 1.807) is 0 Å². The predicted molar refractivity (Wildman–Crippen MR) is 68.9 cm³/mol. The molecule has 0 bridgehead atoms. The standard InChI is InChI=1S/C13H10N2O5/c16-8-2-1-3-9(17)11(8)12(18)15-10-5-4-7(6-14-10)13(19)20/h1-6,16-17H,(H,19,20)(H,14,15,18). The molecule has 4 N–H and O–H groups in total. The summed E-state index contributed by atoms with van der Waals surface area (Å²) in [5.41, 5.74) is -0.301. The number of benzene rings is 1. The van der Waals surface area contributed by atoms with Gasteiger partial charge in [-0.3, -0.25) is 4.79 Å². The van der Waals surface area contributed by atoms with Crippen LogP contribution in [0.4, 0.5) is 5.82 Å². The maximum absolute atomic E-state index is 11.9. The van der Waals surface area contributed by atoms with E-state index < -0.39 is 11.9 Å². The van der Waals surface area contributed by atoms with Crippen molar-refractivity contribution in [1.82, 2.24) is 4.98 Å². The number of nitrogens with one attached hydrogen (secondary N) is 1. The van der Waals surface area contributed by atoms with Crippen LogP contribution < -0.4 is 5.32 Å². The number of hydrogen-bond donors (Lipinski definition) is 4. The summed E-state index contributed by atoms with van der Waals surface area (Å²) in [5.74, 6) is -2.53. The molecule has 7 nitrogen and oxygen atoms in total. The average molecular weight is 274 g/mol. The molecule has 1 aromatic carbocycles. The van der Waals surface area contributed by atoms with Crippen LogP contribution in [0, 0.1) is 0 Å². The largest absolute Gasteiger partial charge is 0.507 e. The van der Waals surface area contributed by atoms with E-state index in [1.165, 1.54) is 30.3 Å². The summed E-state index contributed by atoms with van der Waals surface area (Å²) in [6, 6.07) is 6.49. The van der Waals surface area contributed by atoms with Crippen molar-refractivity contribution in [2.75, 3.05) is 5.32 Å². The first-order chi connectivity index (χ1) is 9.49. The normalized spacial score (nSPS) is 10.0. The predicted octanol–water partition coefficient (Wildman–Crippen LogP) is 1.44. The van der Waals surface area contributed by atoms with E-state index in [1.807, 2.05) is 0 Å². The molecular formula is C13H10N2O5. The molecule has 1 heterocycles. The van der Waals surface area contributed by atoms with Crippen LogP contribution >= 0.6 is 0 Å². The number of aromatic hydroxyl groups is 2. The summed E-state index contributed by atoms with van der Waals surface area (Å²) in [4.78, 5) is 26.3. The van der Waals surface area contributed by atoms with E-state index in [-0.39, 0.29) is 28.4 Å². The van der Waals surface area contributed by atoms with Crippen molar-refractivity contribution in [2.24, 2.45) is 0 Å². The van der Waals surface area contributed by atoms with Gasteiger partial charge in [-0.15, -0.1) is 0 Å². The molecule has 0 unspecified atom stereocenters. The lowest BCUT2D eigenvalue weighted by Gasteiger charge is -2.07. The van der Waals surface area contributed by atoms with Gasteiger partial charge in [0.2, 0.25) is 0 Å². The third kappa shape index (κ3) is 2.66. The molecule has 0 fully saturated rings. The Morgan fingerprint density at radius 2 is 1.70 bits per heavy atom. The zero-order valence-electron chi connectivity index (χ0n) is 10.1. The number of amides is 1. The molecule has 20 heavy (non-hydrogen) atoms. The second-order valence-electron chi connectivity index (χ2n) is 3.86. The Bertz CT molecular complexity index is 647. The van der Waals surface area contributed by atoms with Gasteiger partial charge >= 0.3 is 5.97 Å². The zero-order chi connectivity index (χ0) is 14.7. The summed E-state index contributed by atoms with van der Waals surface area (Å²) in [5, 5.41) is 30.1. The Hall–Kier alpha value is -3.09. The highest BCUT2D eigenvalue weighted by atomic mass is 16.4. The minimum Gasteiger partial charge on any atom is -0.507 e. The molecule has 0 spiro atoms. The fourth-order valence-corrected chi connectivity index (χ4v) is 1.53. The SMILES string of the molecule is O=C(O)c1ccc(NC(=O)c2c(O)cccc2O)nc1. The van der Waals surface area contributed by atoms with Crippen LogP contribution in [-0.2, 0) is 0 Å². The minimum absolute atomic E-state index is 0.0200. The molecule has 0 atom stereocenters. The van der Waals surface area contributed by atoms with Gasteiger partial charge in [0.15, 0.2) is 0 Å². The molecule has 0 aliphatic heterocycles. The summed E-state index contributed by atoms with van der Waals surface area (Å²) in [7, 11) is 0. The molecule has 0 aliphatic rings. The second kappa shape index (κ2) is 5.27. The fourth-order valence-electron chi connectivity index (χ4n) is 1.53. The number of nitrogens with zero attached hydrogens (tertiary/aromatic N) is 1. The molecule has 0 aliphatic carbocycles. The van der Waals surface area contributed by atoms with E-state index in [4.69, 9.17) is 5.11 Å². The van der Waals surface area contributed by atoms with Gasteiger partial charge in [-0.05, 0) is 24.3 Å². The van der Waals surface area contributed by atoms with Crippen molar-refractivity contribution < 1.29 is 24.9 Å². The lowest BCUT2D eigenvalue weighted by atomic mass is 10.1. The van der Waals surface area contributed by atoms with Crippen LogP contribution in [0.2, 0.25) is 0 Å². The summed E-state index contributed by atoms with van der Waals surface area (Å²) in [6.07, 6.45) is 1.09. The second-order valence-corrected chi connectivity index (χ2v) is 3.86. The van der Waals surface area contributed by atoms with Crippen molar-refractivity contribution in [3.63, 3.8) is 0 Å². The first kappa shape index (κ1) is 13.3. The number of anilines is 1. The number of aromatic nitrogens is 1.